The minimum Gasteiger partial charge on any atom is -0.310 e. The third kappa shape index (κ3) is 4.80. The fraction of sp³-hybridized carbons (Fsp3) is 1.00. The summed E-state index contributed by atoms with van der Waals surface area (Å²) >= 11 is 0. The van der Waals surface area contributed by atoms with Crippen molar-refractivity contribution in [1.82, 2.24) is 10.2 Å². The van der Waals surface area contributed by atoms with Crippen LogP contribution in [0.5, 0.6) is 0 Å². The zero-order chi connectivity index (χ0) is 12.3. The Kier molecular flexibility index (Phi) is 4.76. The Morgan fingerprint density at radius 3 is 2.44 bits per heavy atom. The van der Waals surface area contributed by atoms with Crippen molar-refractivity contribution in [3.05, 3.63) is 0 Å². The van der Waals surface area contributed by atoms with Crippen LogP contribution in [0.15, 0.2) is 0 Å². The molecule has 1 fully saturated rings. The third-order valence-corrected chi connectivity index (χ3v) is 4.31. The molecule has 0 aromatic rings. The van der Waals surface area contributed by atoms with E-state index in [1.807, 2.05) is 6.92 Å². The summed E-state index contributed by atoms with van der Waals surface area (Å²) in [7, 11) is 1.34. The summed E-state index contributed by atoms with van der Waals surface area (Å²) in [5.74, 6) is 0.232. The van der Waals surface area contributed by atoms with Crippen LogP contribution >= 0.6 is 0 Å². The van der Waals surface area contributed by atoms with E-state index >= 15 is 0 Å². The summed E-state index contributed by atoms with van der Waals surface area (Å²) in [4.78, 5) is 2.25. The summed E-state index contributed by atoms with van der Waals surface area (Å²) in [5, 5.41) is 3.41. The van der Waals surface area contributed by atoms with Crippen molar-refractivity contribution in [3.8, 4) is 0 Å². The van der Waals surface area contributed by atoms with E-state index in [-0.39, 0.29) is 11.8 Å². The molecule has 0 saturated heterocycles. The lowest BCUT2D eigenvalue weighted by Gasteiger charge is -2.21. The first-order valence-corrected chi connectivity index (χ1v) is 7.94. The summed E-state index contributed by atoms with van der Waals surface area (Å²) in [5.41, 5.74) is 0. The fourth-order valence-electron chi connectivity index (χ4n) is 2.48. The molecule has 0 heterocycles. The molecule has 3 unspecified atom stereocenters. The van der Waals surface area contributed by atoms with Crippen molar-refractivity contribution < 1.29 is 8.42 Å². The van der Waals surface area contributed by atoms with E-state index < -0.39 is 9.84 Å². The molecule has 0 aliphatic heterocycles. The predicted octanol–water partition coefficient (Wildman–Crippen LogP) is 0.492. The Morgan fingerprint density at radius 2 is 2.00 bits per heavy atom. The van der Waals surface area contributed by atoms with E-state index in [9.17, 15) is 8.42 Å². The molecule has 3 atom stereocenters. The van der Waals surface area contributed by atoms with Gasteiger partial charge in [0.2, 0.25) is 0 Å². The second kappa shape index (κ2) is 5.47. The summed E-state index contributed by atoms with van der Waals surface area (Å²) in [6.45, 7) is 1.95. The average Bonchev–Trinajstić information content (AvgIpc) is 2.48. The Bertz CT molecular complexity index is 314. The van der Waals surface area contributed by atoms with Gasteiger partial charge in [-0.1, -0.05) is 0 Å². The highest BCUT2D eigenvalue weighted by molar-refractivity contribution is 7.90. The minimum atomic E-state index is -2.87. The molecule has 5 heteroatoms. The topological polar surface area (TPSA) is 49.4 Å². The first-order valence-electron chi connectivity index (χ1n) is 5.88. The van der Waals surface area contributed by atoms with Gasteiger partial charge in [-0.25, -0.2) is 8.42 Å². The molecule has 1 aliphatic carbocycles. The van der Waals surface area contributed by atoms with Crippen molar-refractivity contribution in [2.45, 2.75) is 44.3 Å². The van der Waals surface area contributed by atoms with Gasteiger partial charge < -0.3 is 10.2 Å². The maximum absolute atomic E-state index is 11.1. The van der Waals surface area contributed by atoms with Gasteiger partial charge in [-0.15, -0.1) is 0 Å². The summed E-state index contributed by atoms with van der Waals surface area (Å²) in [6, 6.07) is 1.17. The Morgan fingerprint density at radius 1 is 1.38 bits per heavy atom. The van der Waals surface area contributed by atoms with Gasteiger partial charge in [0.25, 0.3) is 0 Å². The van der Waals surface area contributed by atoms with Gasteiger partial charge in [0.15, 0.2) is 0 Å². The maximum atomic E-state index is 11.1. The quantitative estimate of drug-likeness (QED) is 0.769. The van der Waals surface area contributed by atoms with E-state index in [1.165, 1.54) is 12.7 Å². The molecule has 0 amide bonds. The lowest BCUT2D eigenvalue weighted by atomic mass is 10.2. The highest BCUT2D eigenvalue weighted by Crippen LogP contribution is 2.22. The third-order valence-electron chi connectivity index (χ3n) is 3.21. The van der Waals surface area contributed by atoms with Crippen LogP contribution in [0, 0.1) is 0 Å². The number of hydrogen-bond acceptors (Lipinski definition) is 4. The molecule has 96 valence electrons. The van der Waals surface area contributed by atoms with Crippen LogP contribution < -0.4 is 5.32 Å². The van der Waals surface area contributed by atoms with Gasteiger partial charge in [-0.05, 0) is 40.3 Å². The zero-order valence-electron chi connectivity index (χ0n) is 10.7. The van der Waals surface area contributed by atoms with Gasteiger partial charge in [-0.3, -0.25) is 0 Å². The van der Waals surface area contributed by atoms with Crippen LogP contribution in [0.1, 0.15) is 26.2 Å². The molecule has 1 aliphatic rings. The van der Waals surface area contributed by atoms with Gasteiger partial charge in [0, 0.05) is 24.4 Å². The normalized spacial score (nSPS) is 28.6. The summed E-state index contributed by atoms with van der Waals surface area (Å²) in [6.07, 6.45) is 4.77. The van der Waals surface area contributed by atoms with Crippen LogP contribution in [0.2, 0.25) is 0 Å². The molecule has 0 bridgehead atoms. The molecule has 16 heavy (non-hydrogen) atoms. The lowest BCUT2D eigenvalue weighted by molar-refractivity contribution is 0.292. The fourth-order valence-corrected chi connectivity index (χ4v) is 3.49. The zero-order valence-corrected chi connectivity index (χ0v) is 11.5. The Balaban J connectivity index is 2.34. The summed E-state index contributed by atoms with van der Waals surface area (Å²) < 4.78 is 22.3. The van der Waals surface area contributed by atoms with Gasteiger partial charge in [0.1, 0.15) is 9.84 Å². The molecule has 0 spiro atoms. The highest BCUT2D eigenvalue weighted by Gasteiger charge is 2.27. The number of nitrogens with one attached hydrogen (secondary N) is 1. The predicted molar refractivity (Wildman–Crippen MR) is 67.4 cm³/mol. The van der Waals surface area contributed by atoms with Crippen LogP contribution in [0.4, 0.5) is 0 Å². The first kappa shape index (κ1) is 13.9. The van der Waals surface area contributed by atoms with Crippen molar-refractivity contribution in [3.63, 3.8) is 0 Å². The van der Waals surface area contributed by atoms with Crippen LogP contribution in [-0.2, 0) is 9.84 Å². The largest absolute Gasteiger partial charge is 0.310 e. The van der Waals surface area contributed by atoms with E-state index in [1.54, 1.807) is 0 Å². The number of sulfone groups is 1. The second-order valence-electron chi connectivity index (χ2n) is 5.29. The van der Waals surface area contributed by atoms with Crippen LogP contribution in [0.25, 0.3) is 0 Å². The Labute approximate surface area is 99.3 Å². The minimum absolute atomic E-state index is 0.0564. The maximum Gasteiger partial charge on any atom is 0.148 e. The van der Waals surface area contributed by atoms with Crippen molar-refractivity contribution in [2.24, 2.45) is 0 Å². The molecule has 1 rings (SSSR count). The second-order valence-corrected chi connectivity index (χ2v) is 7.47. The van der Waals surface area contributed by atoms with Crippen LogP contribution in [0.3, 0.4) is 0 Å². The average molecular weight is 248 g/mol. The van der Waals surface area contributed by atoms with E-state index in [2.05, 4.69) is 24.3 Å². The molecule has 0 aromatic heterocycles. The highest BCUT2D eigenvalue weighted by atomic mass is 32.2. The van der Waals surface area contributed by atoms with Crippen LogP contribution in [-0.4, -0.2) is 57.5 Å². The van der Waals surface area contributed by atoms with Crippen molar-refractivity contribution >= 4 is 9.84 Å². The monoisotopic (exact) mass is 248 g/mol. The van der Waals surface area contributed by atoms with Gasteiger partial charge >= 0.3 is 0 Å². The van der Waals surface area contributed by atoms with Gasteiger partial charge in [-0.2, -0.15) is 0 Å². The molecule has 4 nitrogen and oxygen atoms in total. The SMILES string of the molecule is CC(CS(C)(=O)=O)NC1CCC(N(C)C)C1. The molecule has 0 radical (unpaired) electrons. The smallest absolute Gasteiger partial charge is 0.148 e. The molecule has 0 aromatic carbocycles. The number of hydrogen-bond donors (Lipinski definition) is 1. The van der Waals surface area contributed by atoms with E-state index in [4.69, 9.17) is 0 Å². The van der Waals surface area contributed by atoms with Crippen molar-refractivity contribution in [2.75, 3.05) is 26.1 Å². The van der Waals surface area contributed by atoms with E-state index in [0.717, 1.165) is 12.8 Å². The molecule has 1 N–H and O–H groups in total. The van der Waals surface area contributed by atoms with Crippen molar-refractivity contribution in [1.29, 1.82) is 0 Å². The number of nitrogens with zero attached hydrogens (tertiary/aromatic N) is 1. The molecule has 1 saturated carbocycles. The van der Waals surface area contributed by atoms with Gasteiger partial charge in [0.05, 0.1) is 5.75 Å². The molecular weight excluding hydrogens is 224 g/mol. The standard InChI is InChI=1S/C11H24N2O2S/c1-9(8-16(4,14)15)12-10-5-6-11(7-10)13(2)3/h9-12H,5-8H2,1-4H3. The lowest BCUT2D eigenvalue weighted by Crippen LogP contribution is -2.40. The van der Waals surface area contributed by atoms with E-state index in [0.29, 0.717) is 12.1 Å². The first-order chi connectivity index (χ1) is 7.28. The Hall–Kier alpha value is -0.130. The molecular formula is C11H24N2O2S. The number of rotatable bonds is 5.